The molecule has 2 heterocycles. The SMILES string of the molecule is C1=C[C@@H]2c3ccc4ccccc4c3N[C@@H](c3ccc(OC4CSC4)cc3)[C@H]2C1. The van der Waals surface area contributed by atoms with Crippen molar-refractivity contribution in [3.05, 3.63) is 83.9 Å². The molecule has 1 aliphatic carbocycles. The number of anilines is 1. The second-order valence-corrected chi connectivity index (χ2v) is 9.15. The van der Waals surface area contributed by atoms with Crippen molar-refractivity contribution in [1.29, 1.82) is 0 Å². The fourth-order valence-electron chi connectivity index (χ4n) is 4.90. The standard InChI is InChI=1S/C25H23NOS/c1-2-5-20-16(4-1)10-13-23-21-6-3-7-22(21)24(26-25(20)23)17-8-11-18(12-9-17)27-19-14-28-15-19/h1-6,8-13,19,21-22,24,26H,7,14-15H2/t21-,22-,24-/m0/s1. The average molecular weight is 386 g/mol. The van der Waals surface area contributed by atoms with Gasteiger partial charge >= 0.3 is 0 Å². The van der Waals surface area contributed by atoms with Gasteiger partial charge in [0, 0.05) is 28.5 Å². The number of thioether (sulfide) groups is 1. The topological polar surface area (TPSA) is 21.3 Å². The number of benzene rings is 3. The van der Waals surface area contributed by atoms with Gasteiger partial charge in [0.25, 0.3) is 0 Å². The van der Waals surface area contributed by atoms with Gasteiger partial charge in [-0.3, -0.25) is 0 Å². The van der Waals surface area contributed by atoms with E-state index in [0.29, 0.717) is 24.0 Å². The second-order valence-electron chi connectivity index (χ2n) is 8.07. The van der Waals surface area contributed by atoms with E-state index in [0.717, 1.165) is 23.7 Å². The van der Waals surface area contributed by atoms with Gasteiger partial charge in [-0.1, -0.05) is 60.7 Å². The van der Waals surface area contributed by atoms with Crippen molar-refractivity contribution in [3.8, 4) is 5.75 Å². The third kappa shape index (κ3) is 2.64. The molecule has 0 bridgehead atoms. The van der Waals surface area contributed by atoms with Crippen LogP contribution < -0.4 is 10.1 Å². The average Bonchev–Trinajstić information content (AvgIpc) is 3.20. The van der Waals surface area contributed by atoms with E-state index in [1.54, 1.807) is 0 Å². The number of hydrogen-bond acceptors (Lipinski definition) is 3. The first-order valence-electron chi connectivity index (χ1n) is 10.2. The molecule has 2 nitrogen and oxygen atoms in total. The third-order valence-corrected chi connectivity index (χ3v) is 7.63. The van der Waals surface area contributed by atoms with Crippen LogP contribution in [0.25, 0.3) is 10.8 Å². The molecule has 0 radical (unpaired) electrons. The molecule has 1 saturated heterocycles. The van der Waals surface area contributed by atoms with Gasteiger partial charge in [-0.2, -0.15) is 11.8 Å². The van der Waals surface area contributed by atoms with Crippen molar-refractivity contribution in [2.75, 3.05) is 16.8 Å². The van der Waals surface area contributed by atoms with E-state index >= 15 is 0 Å². The normalized spacial score (nSPS) is 25.6. The van der Waals surface area contributed by atoms with E-state index in [1.807, 2.05) is 11.8 Å². The van der Waals surface area contributed by atoms with Crippen LogP contribution in [0.5, 0.6) is 5.75 Å². The molecular weight excluding hydrogens is 362 g/mol. The molecule has 0 aromatic heterocycles. The van der Waals surface area contributed by atoms with Crippen molar-refractivity contribution in [2.45, 2.75) is 24.5 Å². The first kappa shape index (κ1) is 16.6. The van der Waals surface area contributed by atoms with Gasteiger partial charge < -0.3 is 10.1 Å². The summed E-state index contributed by atoms with van der Waals surface area (Å²) in [7, 11) is 0. The first-order chi connectivity index (χ1) is 13.9. The Morgan fingerprint density at radius 1 is 0.929 bits per heavy atom. The Balaban J connectivity index is 1.37. The number of nitrogens with one attached hydrogen (secondary N) is 1. The minimum absolute atomic E-state index is 0.326. The van der Waals surface area contributed by atoms with Gasteiger partial charge in [0.15, 0.2) is 0 Å². The lowest BCUT2D eigenvalue weighted by Gasteiger charge is -2.38. The Morgan fingerprint density at radius 3 is 2.61 bits per heavy atom. The van der Waals surface area contributed by atoms with Crippen LogP contribution in [-0.2, 0) is 0 Å². The largest absolute Gasteiger partial charge is 0.489 e. The highest BCUT2D eigenvalue weighted by atomic mass is 32.2. The Bertz CT molecular complexity index is 1050. The van der Waals surface area contributed by atoms with E-state index in [2.05, 4.69) is 78.1 Å². The van der Waals surface area contributed by atoms with Crippen molar-refractivity contribution >= 4 is 28.2 Å². The fourth-order valence-corrected chi connectivity index (χ4v) is 5.46. The first-order valence-corrected chi connectivity index (χ1v) is 11.3. The summed E-state index contributed by atoms with van der Waals surface area (Å²) in [4.78, 5) is 0. The molecular formula is C25H23NOS. The molecule has 6 rings (SSSR count). The highest BCUT2D eigenvalue weighted by Gasteiger charge is 2.38. The predicted molar refractivity (Wildman–Crippen MR) is 118 cm³/mol. The van der Waals surface area contributed by atoms with Crippen molar-refractivity contribution < 1.29 is 4.74 Å². The predicted octanol–water partition coefficient (Wildman–Crippen LogP) is 6.16. The fraction of sp³-hybridized carbons (Fsp3) is 0.280. The molecule has 1 N–H and O–H groups in total. The zero-order chi connectivity index (χ0) is 18.5. The molecule has 3 aromatic rings. The van der Waals surface area contributed by atoms with Gasteiger partial charge in [-0.15, -0.1) is 0 Å². The molecule has 0 spiro atoms. The quantitative estimate of drug-likeness (QED) is 0.546. The Hall–Kier alpha value is -2.39. The molecule has 1 fully saturated rings. The molecule has 3 atom stereocenters. The minimum atomic E-state index is 0.326. The maximum absolute atomic E-state index is 6.04. The summed E-state index contributed by atoms with van der Waals surface area (Å²) in [5, 5.41) is 6.55. The lowest BCUT2D eigenvalue weighted by atomic mass is 9.76. The van der Waals surface area contributed by atoms with Crippen LogP contribution in [0.1, 0.15) is 29.5 Å². The smallest absolute Gasteiger partial charge is 0.119 e. The maximum Gasteiger partial charge on any atom is 0.119 e. The number of ether oxygens (including phenoxy) is 1. The van der Waals surface area contributed by atoms with E-state index in [1.165, 1.54) is 27.6 Å². The highest BCUT2D eigenvalue weighted by molar-refractivity contribution is 8.00. The van der Waals surface area contributed by atoms with E-state index < -0.39 is 0 Å². The molecule has 0 amide bonds. The minimum Gasteiger partial charge on any atom is -0.489 e. The monoisotopic (exact) mass is 385 g/mol. The highest BCUT2D eigenvalue weighted by Crippen LogP contribution is 2.51. The molecule has 28 heavy (non-hydrogen) atoms. The van der Waals surface area contributed by atoms with Gasteiger partial charge in [0.2, 0.25) is 0 Å². The number of allylic oxidation sites excluding steroid dienone is 2. The van der Waals surface area contributed by atoms with E-state index in [4.69, 9.17) is 4.74 Å². The molecule has 2 aliphatic heterocycles. The Morgan fingerprint density at radius 2 is 1.79 bits per heavy atom. The van der Waals surface area contributed by atoms with Gasteiger partial charge in [-0.05, 0) is 41.0 Å². The Kier molecular flexibility index (Phi) is 3.90. The van der Waals surface area contributed by atoms with Crippen LogP contribution in [0, 0.1) is 5.92 Å². The van der Waals surface area contributed by atoms with Crippen molar-refractivity contribution in [3.63, 3.8) is 0 Å². The van der Waals surface area contributed by atoms with Crippen LogP contribution in [0.3, 0.4) is 0 Å². The lowest BCUT2D eigenvalue weighted by molar-refractivity contribution is 0.240. The second kappa shape index (κ2) is 6.59. The van der Waals surface area contributed by atoms with Crippen LogP contribution >= 0.6 is 11.8 Å². The summed E-state index contributed by atoms with van der Waals surface area (Å²) in [5.74, 6) is 4.30. The number of hydrogen-bond donors (Lipinski definition) is 1. The third-order valence-electron chi connectivity index (χ3n) is 6.41. The summed E-state index contributed by atoms with van der Waals surface area (Å²) in [5.41, 5.74) is 4.10. The Labute approximate surface area is 170 Å². The molecule has 0 unspecified atom stereocenters. The maximum atomic E-state index is 6.04. The van der Waals surface area contributed by atoms with Crippen molar-refractivity contribution in [1.82, 2.24) is 0 Å². The molecule has 140 valence electrons. The van der Waals surface area contributed by atoms with Crippen LogP contribution in [0.2, 0.25) is 0 Å². The lowest BCUT2D eigenvalue weighted by Crippen LogP contribution is -2.31. The summed E-state index contributed by atoms with van der Waals surface area (Å²) in [6, 6.07) is 22.4. The van der Waals surface area contributed by atoms with Crippen LogP contribution in [0.4, 0.5) is 5.69 Å². The summed E-state index contributed by atoms with van der Waals surface area (Å²) < 4.78 is 6.04. The molecule has 3 aliphatic rings. The van der Waals surface area contributed by atoms with E-state index in [9.17, 15) is 0 Å². The molecule has 0 saturated carbocycles. The summed E-state index contributed by atoms with van der Waals surface area (Å²) in [6.07, 6.45) is 6.30. The zero-order valence-electron chi connectivity index (χ0n) is 15.7. The van der Waals surface area contributed by atoms with Crippen LogP contribution in [-0.4, -0.2) is 17.6 Å². The number of rotatable bonds is 3. The van der Waals surface area contributed by atoms with Crippen molar-refractivity contribution in [2.24, 2.45) is 5.92 Å². The summed E-state index contributed by atoms with van der Waals surface area (Å²) in [6.45, 7) is 0. The zero-order valence-corrected chi connectivity index (χ0v) is 16.5. The number of fused-ring (bicyclic) bond motifs is 5. The van der Waals surface area contributed by atoms with Gasteiger partial charge in [-0.25, -0.2) is 0 Å². The summed E-state index contributed by atoms with van der Waals surface area (Å²) >= 11 is 1.95. The molecule has 3 aromatic carbocycles. The van der Waals surface area contributed by atoms with E-state index in [-0.39, 0.29) is 0 Å². The van der Waals surface area contributed by atoms with Crippen LogP contribution in [0.15, 0.2) is 72.8 Å². The molecule has 3 heteroatoms. The van der Waals surface area contributed by atoms with Gasteiger partial charge in [0.1, 0.15) is 11.9 Å². The van der Waals surface area contributed by atoms with Gasteiger partial charge in [0.05, 0.1) is 6.04 Å².